The van der Waals surface area contributed by atoms with Crippen LogP contribution in [0.3, 0.4) is 0 Å². The summed E-state index contributed by atoms with van der Waals surface area (Å²) in [6, 6.07) is 8.78. The van der Waals surface area contributed by atoms with Gasteiger partial charge in [-0.25, -0.2) is 0 Å². The van der Waals surface area contributed by atoms with Crippen LogP contribution in [0, 0.1) is 17.3 Å². The summed E-state index contributed by atoms with van der Waals surface area (Å²) < 4.78 is 34.9. The van der Waals surface area contributed by atoms with Crippen LogP contribution in [0.25, 0.3) is 0 Å². The lowest BCUT2D eigenvalue weighted by Crippen LogP contribution is -2.52. The summed E-state index contributed by atoms with van der Waals surface area (Å²) in [5.41, 5.74) is 5.61. The van der Waals surface area contributed by atoms with Crippen molar-refractivity contribution in [1.82, 2.24) is 0 Å². The fourth-order valence-corrected chi connectivity index (χ4v) is 8.55. The maximum absolute atomic E-state index is 14.2. The Kier molecular flexibility index (Phi) is 5.37. The summed E-state index contributed by atoms with van der Waals surface area (Å²) in [6.07, 6.45) is 6.45. The molecule has 0 radical (unpaired) electrons. The second kappa shape index (κ2) is 8.12. The largest absolute Gasteiger partial charge is 0.378 e. The van der Waals surface area contributed by atoms with Gasteiger partial charge in [0.15, 0.2) is 5.78 Å². The third kappa shape index (κ3) is 3.26. The molecule has 5 heteroatoms. The highest BCUT2D eigenvalue weighted by molar-refractivity contribution is 5.93. The van der Waals surface area contributed by atoms with Crippen LogP contribution in [0.1, 0.15) is 69.8 Å². The predicted octanol–water partition coefficient (Wildman–Crippen LogP) is 6.96. The van der Waals surface area contributed by atoms with E-state index in [9.17, 15) is 13.6 Å². The fourth-order valence-electron chi connectivity index (χ4n) is 8.55. The number of hydrogen-bond donors (Lipinski definition) is 0. The van der Waals surface area contributed by atoms with Crippen LogP contribution in [-0.4, -0.2) is 32.1 Å². The molecule has 1 heterocycles. The van der Waals surface area contributed by atoms with Gasteiger partial charge in [-0.2, -0.15) is 8.78 Å². The van der Waals surface area contributed by atoms with E-state index in [1.807, 2.05) is 20.2 Å². The molecule has 0 amide bonds. The van der Waals surface area contributed by atoms with E-state index in [1.165, 1.54) is 22.3 Å². The van der Waals surface area contributed by atoms with Crippen molar-refractivity contribution in [2.75, 3.05) is 25.6 Å². The van der Waals surface area contributed by atoms with Gasteiger partial charge in [-0.05, 0) is 85.3 Å². The van der Waals surface area contributed by atoms with Gasteiger partial charge < -0.3 is 9.64 Å². The number of hydrogen-bond acceptors (Lipinski definition) is 3. The fraction of sp³-hybridized carbons (Fsp3) is 0.567. The van der Waals surface area contributed by atoms with Gasteiger partial charge in [-0.3, -0.25) is 4.79 Å². The van der Waals surface area contributed by atoms with Gasteiger partial charge in [0.25, 0.3) is 6.08 Å². The lowest BCUT2D eigenvalue weighted by Gasteiger charge is -2.55. The molecule has 0 aromatic heterocycles. The van der Waals surface area contributed by atoms with Crippen LogP contribution in [0.4, 0.5) is 14.5 Å². The molecule has 6 rings (SSSR count). The Bertz CT molecular complexity index is 1160. The lowest BCUT2D eigenvalue weighted by atomic mass is 9.50. The standard InChI is InChI=1S/C30H35F2NO2/c1-29-17-24(18-4-7-20(8-5-18)33(2)3)27-22-11-9-21(34)16-19(22)6-10-23(27)25(29)12-14-30(29)26(28(31)32)13-15-35-30/h4-5,7-8,16,23-25H,6,9-15,17H2,1-3H3/t23-,24+,25-,29-,30+/m0/s1. The van der Waals surface area contributed by atoms with E-state index < -0.39 is 11.7 Å². The molecule has 5 atom stereocenters. The molecule has 5 aliphatic rings. The van der Waals surface area contributed by atoms with Crippen molar-refractivity contribution in [3.63, 3.8) is 0 Å². The molecule has 1 aromatic carbocycles. The maximum Gasteiger partial charge on any atom is 0.272 e. The van der Waals surface area contributed by atoms with Gasteiger partial charge in [0.05, 0.1) is 6.61 Å². The summed E-state index contributed by atoms with van der Waals surface area (Å²) in [6.45, 7) is 2.64. The highest BCUT2D eigenvalue weighted by atomic mass is 19.3. The molecule has 3 nitrogen and oxygen atoms in total. The minimum atomic E-state index is -1.53. The Morgan fingerprint density at radius 3 is 2.54 bits per heavy atom. The first-order valence-electron chi connectivity index (χ1n) is 13.2. The number of anilines is 1. The van der Waals surface area contributed by atoms with Gasteiger partial charge in [0.1, 0.15) is 5.60 Å². The second-order valence-corrected chi connectivity index (χ2v) is 11.7. The van der Waals surface area contributed by atoms with E-state index in [-0.39, 0.29) is 22.7 Å². The Hall–Kier alpha value is -2.27. The number of halogens is 2. The predicted molar refractivity (Wildman–Crippen MR) is 134 cm³/mol. The first kappa shape index (κ1) is 23.1. The highest BCUT2D eigenvalue weighted by Crippen LogP contribution is 2.70. The molecule has 35 heavy (non-hydrogen) atoms. The molecule has 186 valence electrons. The van der Waals surface area contributed by atoms with Crippen LogP contribution in [-0.2, 0) is 9.53 Å². The zero-order chi connectivity index (χ0) is 24.5. The molecule has 2 saturated carbocycles. The van der Waals surface area contributed by atoms with Crippen molar-refractivity contribution in [3.05, 3.63) is 64.3 Å². The number of allylic oxidation sites excluding steroid dienone is 4. The van der Waals surface area contributed by atoms with Crippen molar-refractivity contribution < 1.29 is 18.3 Å². The first-order valence-corrected chi connectivity index (χ1v) is 13.2. The third-order valence-corrected chi connectivity index (χ3v) is 10.1. The van der Waals surface area contributed by atoms with Gasteiger partial charge in [0.2, 0.25) is 0 Å². The number of ketones is 1. The van der Waals surface area contributed by atoms with Gasteiger partial charge in [-0.15, -0.1) is 0 Å². The second-order valence-electron chi connectivity index (χ2n) is 11.7. The van der Waals surface area contributed by atoms with Crippen LogP contribution in [0.2, 0.25) is 0 Å². The van der Waals surface area contributed by atoms with E-state index in [0.717, 1.165) is 37.8 Å². The SMILES string of the molecule is CN(C)c1ccc([C@H]2C[C@@]3(C)[C@@H](CC[C@]34OCCC4=C(F)F)[C@@H]3CCC4=CC(=O)CCC4=C32)cc1. The number of benzene rings is 1. The molecule has 1 aromatic rings. The summed E-state index contributed by atoms with van der Waals surface area (Å²) >= 11 is 0. The van der Waals surface area contributed by atoms with Crippen molar-refractivity contribution >= 4 is 11.5 Å². The molecule has 4 aliphatic carbocycles. The van der Waals surface area contributed by atoms with Crippen LogP contribution >= 0.6 is 0 Å². The zero-order valence-corrected chi connectivity index (χ0v) is 21.0. The highest BCUT2D eigenvalue weighted by Gasteiger charge is 2.67. The number of ether oxygens (including phenoxy) is 1. The molecule has 3 fully saturated rings. The Morgan fingerprint density at radius 1 is 1.06 bits per heavy atom. The first-order chi connectivity index (χ1) is 16.7. The number of carbonyl (C=O) groups is 1. The number of rotatable bonds is 2. The maximum atomic E-state index is 14.2. The zero-order valence-electron chi connectivity index (χ0n) is 21.0. The third-order valence-electron chi connectivity index (χ3n) is 10.1. The number of carbonyl (C=O) groups excluding carboxylic acids is 1. The normalized spacial score (nSPS) is 36.1. The molecule has 1 aliphatic heterocycles. The van der Waals surface area contributed by atoms with Gasteiger partial charge >= 0.3 is 0 Å². The van der Waals surface area contributed by atoms with Crippen LogP contribution < -0.4 is 4.90 Å². The molecular formula is C30H35F2NO2. The summed E-state index contributed by atoms with van der Waals surface area (Å²) in [5.74, 6) is 1.09. The van der Waals surface area contributed by atoms with Crippen molar-refractivity contribution in [2.24, 2.45) is 17.3 Å². The van der Waals surface area contributed by atoms with E-state index in [2.05, 4.69) is 36.1 Å². The molecular weight excluding hydrogens is 444 g/mol. The van der Waals surface area contributed by atoms with Crippen LogP contribution in [0.5, 0.6) is 0 Å². The molecule has 0 bridgehead atoms. The minimum absolute atomic E-state index is 0.160. The Labute approximate surface area is 206 Å². The quantitative estimate of drug-likeness (QED) is 0.459. The van der Waals surface area contributed by atoms with E-state index in [4.69, 9.17) is 4.74 Å². The van der Waals surface area contributed by atoms with E-state index >= 15 is 0 Å². The van der Waals surface area contributed by atoms with Crippen molar-refractivity contribution in [2.45, 2.75) is 69.8 Å². The number of nitrogens with zero attached hydrogens (tertiary/aromatic N) is 1. The summed E-state index contributed by atoms with van der Waals surface area (Å²) in [5, 5.41) is 0. The Balaban J connectivity index is 1.52. The average Bonchev–Trinajstić information content (AvgIpc) is 3.40. The van der Waals surface area contributed by atoms with E-state index in [1.54, 1.807) is 0 Å². The van der Waals surface area contributed by atoms with Crippen molar-refractivity contribution in [3.8, 4) is 0 Å². The van der Waals surface area contributed by atoms with Gasteiger partial charge in [0, 0.05) is 49.5 Å². The summed E-state index contributed by atoms with van der Waals surface area (Å²) in [7, 11) is 4.08. The minimum Gasteiger partial charge on any atom is -0.378 e. The monoisotopic (exact) mass is 479 g/mol. The Morgan fingerprint density at radius 2 is 1.83 bits per heavy atom. The van der Waals surface area contributed by atoms with Crippen molar-refractivity contribution in [1.29, 1.82) is 0 Å². The topological polar surface area (TPSA) is 29.5 Å². The summed E-state index contributed by atoms with van der Waals surface area (Å²) in [4.78, 5) is 14.3. The molecule has 0 N–H and O–H groups in total. The average molecular weight is 480 g/mol. The number of fused-ring (bicyclic) bond motifs is 5. The molecule has 0 unspecified atom stereocenters. The van der Waals surface area contributed by atoms with Gasteiger partial charge in [-0.1, -0.05) is 24.6 Å². The van der Waals surface area contributed by atoms with Crippen LogP contribution in [0.15, 0.2) is 58.7 Å². The smallest absolute Gasteiger partial charge is 0.272 e. The van der Waals surface area contributed by atoms with E-state index in [0.29, 0.717) is 37.7 Å². The molecule has 1 saturated heterocycles. The molecule has 1 spiro atoms. The lowest BCUT2D eigenvalue weighted by molar-refractivity contribution is -0.114.